The molecule has 1 aliphatic carbocycles. The Hall–Kier alpha value is -1.78. The molecule has 1 aliphatic rings. The second-order valence-electron chi connectivity index (χ2n) is 4.49. The SMILES string of the molecule is Cc1cc(C2(C(=O)O)CCC2)c(O)c(F)c1O. The first-order valence-electron chi connectivity index (χ1n) is 5.35. The summed E-state index contributed by atoms with van der Waals surface area (Å²) in [6.07, 6.45) is 1.48. The lowest BCUT2D eigenvalue weighted by atomic mass is 9.64. The number of carboxylic acid groups (broad SMARTS) is 1. The molecular formula is C12H13FO4. The molecule has 1 aromatic rings. The molecule has 0 bridgehead atoms. The van der Waals surface area contributed by atoms with E-state index in [9.17, 15) is 24.5 Å². The van der Waals surface area contributed by atoms with Crippen molar-refractivity contribution in [3.8, 4) is 11.5 Å². The molecule has 0 unspecified atom stereocenters. The van der Waals surface area contributed by atoms with Crippen LogP contribution in [0.1, 0.15) is 30.4 Å². The van der Waals surface area contributed by atoms with Crippen LogP contribution in [-0.2, 0) is 10.2 Å². The molecular weight excluding hydrogens is 227 g/mol. The lowest BCUT2D eigenvalue weighted by molar-refractivity contribution is -0.147. The van der Waals surface area contributed by atoms with Gasteiger partial charge in [0.1, 0.15) is 0 Å². The van der Waals surface area contributed by atoms with E-state index in [-0.39, 0.29) is 11.1 Å². The van der Waals surface area contributed by atoms with E-state index in [0.29, 0.717) is 12.8 Å². The molecule has 3 N–H and O–H groups in total. The van der Waals surface area contributed by atoms with Crippen LogP contribution in [0.4, 0.5) is 4.39 Å². The molecule has 0 aromatic heterocycles. The van der Waals surface area contributed by atoms with Gasteiger partial charge in [-0.3, -0.25) is 4.79 Å². The van der Waals surface area contributed by atoms with E-state index in [1.807, 2.05) is 0 Å². The Labute approximate surface area is 97.3 Å². The van der Waals surface area contributed by atoms with Gasteiger partial charge in [0.25, 0.3) is 0 Å². The first-order chi connectivity index (χ1) is 7.90. The maximum absolute atomic E-state index is 13.5. The third kappa shape index (κ3) is 1.45. The van der Waals surface area contributed by atoms with Crippen LogP contribution in [0.15, 0.2) is 6.07 Å². The third-order valence-corrected chi connectivity index (χ3v) is 3.54. The summed E-state index contributed by atoms with van der Waals surface area (Å²) in [5, 5.41) is 28.2. The molecule has 2 rings (SSSR count). The van der Waals surface area contributed by atoms with Gasteiger partial charge in [0.05, 0.1) is 5.41 Å². The van der Waals surface area contributed by atoms with Crippen LogP contribution in [-0.4, -0.2) is 21.3 Å². The zero-order valence-corrected chi connectivity index (χ0v) is 9.33. The first kappa shape index (κ1) is 11.7. The van der Waals surface area contributed by atoms with Gasteiger partial charge in [-0.15, -0.1) is 0 Å². The number of carboxylic acids is 1. The molecule has 0 aliphatic heterocycles. The second-order valence-corrected chi connectivity index (χ2v) is 4.49. The number of hydrogen-bond acceptors (Lipinski definition) is 3. The van der Waals surface area contributed by atoms with Crippen LogP contribution < -0.4 is 0 Å². The number of aromatic hydroxyl groups is 2. The number of benzene rings is 1. The summed E-state index contributed by atoms with van der Waals surface area (Å²) in [6.45, 7) is 1.47. The van der Waals surface area contributed by atoms with Crippen LogP contribution in [0, 0.1) is 12.7 Å². The minimum atomic E-state index is -1.20. The van der Waals surface area contributed by atoms with Crippen molar-refractivity contribution >= 4 is 5.97 Å². The summed E-state index contributed by atoms with van der Waals surface area (Å²) >= 11 is 0. The fraction of sp³-hybridized carbons (Fsp3) is 0.417. The van der Waals surface area contributed by atoms with Crippen molar-refractivity contribution in [3.05, 3.63) is 23.0 Å². The summed E-state index contributed by atoms with van der Waals surface area (Å²) in [7, 11) is 0. The lowest BCUT2D eigenvalue weighted by Crippen LogP contribution is -2.42. The van der Waals surface area contributed by atoms with Gasteiger partial charge >= 0.3 is 5.97 Å². The molecule has 1 fully saturated rings. The van der Waals surface area contributed by atoms with E-state index in [4.69, 9.17) is 0 Å². The van der Waals surface area contributed by atoms with Crippen molar-refractivity contribution < 1.29 is 24.5 Å². The van der Waals surface area contributed by atoms with Crippen LogP contribution in [0.2, 0.25) is 0 Å². The van der Waals surface area contributed by atoms with Crippen LogP contribution >= 0.6 is 0 Å². The topological polar surface area (TPSA) is 77.8 Å². The Bertz CT molecular complexity index is 492. The van der Waals surface area contributed by atoms with Crippen molar-refractivity contribution in [3.63, 3.8) is 0 Å². The third-order valence-electron chi connectivity index (χ3n) is 3.54. The molecule has 0 saturated heterocycles. The Morgan fingerprint density at radius 2 is 1.94 bits per heavy atom. The molecule has 1 aromatic carbocycles. The molecule has 92 valence electrons. The van der Waals surface area contributed by atoms with E-state index in [0.717, 1.165) is 6.42 Å². The van der Waals surface area contributed by atoms with Crippen LogP contribution in [0.5, 0.6) is 11.5 Å². The number of phenols is 2. The van der Waals surface area contributed by atoms with Gasteiger partial charge < -0.3 is 15.3 Å². The van der Waals surface area contributed by atoms with Gasteiger partial charge in [-0.1, -0.05) is 6.42 Å². The van der Waals surface area contributed by atoms with Crippen LogP contribution in [0.25, 0.3) is 0 Å². The fourth-order valence-electron chi connectivity index (χ4n) is 2.25. The second kappa shape index (κ2) is 3.61. The number of aliphatic carboxylic acids is 1. The van der Waals surface area contributed by atoms with Crippen molar-refractivity contribution in [2.45, 2.75) is 31.6 Å². The molecule has 5 heteroatoms. The Balaban J connectivity index is 2.64. The predicted molar refractivity (Wildman–Crippen MR) is 57.6 cm³/mol. The standard InChI is InChI=1S/C12H13FO4/c1-6-5-7(10(15)8(13)9(6)14)12(11(16)17)3-2-4-12/h5,14-15H,2-4H2,1H3,(H,16,17). The van der Waals surface area contributed by atoms with E-state index in [1.165, 1.54) is 13.0 Å². The highest BCUT2D eigenvalue weighted by atomic mass is 19.1. The van der Waals surface area contributed by atoms with Crippen LogP contribution in [0.3, 0.4) is 0 Å². The van der Waals surface area contributed by atoms with Gasteiger partial charge in [-0.25, -0.2) is 0 Å². The number of aryl methyl sites for hydroxylation is 1. The molecule has 17 heavy (non-hydrogen) atoms. The highest BCUT2D eigenvalue weighted by Crippen LogP contribution is 2.49. The number of carbonyl (C=O) groups is 1. The Morgan fingerprint density at radius 1 is 1.35 bits per heavy atom. The average Bonchev–Trinajstić information content (AvgIpc) is 2.20. The molecule has 0 amide bonds. The number of hydrogen-bond donors (Lipinski definition) is 3. The number of halogens is 1. The quantitative estimate of drug-likeness (QED) is 0.739. The smallest absolute Gasteiger partial charge is 0.314 e. The highest BCUT2D eigenvalue weighted by molar-refractivity contribution is 5.84. The molecule has 1 saturated carbocycles. The molecule has 0 heterocycles. The van der Waals surface area contributed by atoms with Gasteiger partial charge in [-0.05, 0) is 31.4 Å². The summed E-state index contributed by atoms with van der Waals surface area (Å²) in [5.74, 6) is -3.60. The van der Waals surface area contributed by atoms with E-state index in [1.54, 1.807) is 0 Å². The zero-order chi connectivity index (χ0) is 12.8. The molecule has 0 radical (unpaired) electrons. The predicted octanol–water partition coefficient (Wildman–Crippen LogP) is 2.05. The maximum atomic E-state index is 13.5. The minimum absolute atomic E-state index is 0.0593. The summed E-state index contributed by atoms with van der Waals surface area (Å²) in [5.41, 5.74) is -0.921. The van der Waals surface area contributed by atoms with Crippen molar-refractivity contribution in [1.29, 1.82) is 0 Å². The Kier molecular flexibility index (Phi) is 2.49. The number of rotatable bonds is 2. The molecule has 4 nitrogen and oxygen atoms in total. The lowest BCUT2D eigenvalue weighted by Gasteiger charge is -2.38. The van der Waals surface area contributed by atoms with Crippen molar-refractivity contribution in [2.75, 3.05) is 0 Å². The highest BCUT2D eigenvalue weighted by Gasteiger charge is 2.48. The van der Waals surface area contributed by atoms with Gasteiger partial charge in [0.2, 0.25) is 5.82 Å². The molecule has 0 atom stereocenters. The maximum Gasteiger partial charge on any atom is 0.314 e. The number of phenolic OH excluding ortho intramolecular Hbond substituents is 2. The average molecular weight is 240 g/mol. The summed E-state index contributed by atoms with van der Waals surface area (Å²) in [6, 6.07) is 1.35. The summed E-state index contributed by atoms with van der Waals surface area (Å²) in [4.78, 5) is 11.3. The van der Waals surface area contributed by atoms with E-state index in [2.05, 4.69) is 0 Å². The first-order valence-corrected chi connectivity index (χ1v) is 5.35. The van der Waals surface area contributed by atoms with Gasteiger partial charge in [0, 0.05) is 5.56 Å². The van der Waals surface area contributed by atoms with E-state index >= 15 is 0 Å². The minimum Gasteiger partial charge on any atom is -0.505 e. The normalized spacial score (nSPS) is 17.5. The van der Waals surface area contributed by atoms with Gasteiger partial charge in [-0.2, -0.15) is 4.39 Å². The summed E-state index contributed by atoms with van der Waals surface area (Å²) < 4.78 is 13.5. The van der Waals surface area contributed by atoms with Gasteiger partial charge in [0.15, 0.2) is 11.5 Å². The largest absolute Gasteiger partial charge is 0.505 e. The van der Waals surface area contributed by atoms with Crippen molar-refractivity contribution in [1.82, 2.24) is 0 Å². The molecule has 0 spiro atoms. The fourth-order valence-corrected chi connectivity index (χ4v) is 2.25. The van der Waals surface area contributed by atoms with E-state index < -0.39 is 28.7 Å². The Morgan fingerprint density at radius 3 is 2.35 bits per heavy atom. The van der Waals surface area contributed by atoms with Crippen molar-refractivity contribution in [2.24, 2.45) is 0 Å². The zero-order valence-electron chi connectivity index (χ0n) is 9.33. The monoisotopic (exact) mass is 240 g/mol.